The highest BCUT2D eigenvalue weighted by Gasteiger charge is 2.32. The second kappa shape index (κ2) is 7.31. The molecule has 2 nitrogen and oxygen atoms in total. The van der Waals surface area contributed by atoms with Crippen LogP contribution < -0.4 is 10.1 Å². The van der Waals surface area contributed by atoms with Gasteiger partial charge in [0.25, 0.3) is 0 Å². The minimum absolute atomic E-state index is 0.411. The minimum atomic E-state index is 0.411. The van der Waals surface area contributed by atoms with Crippen LogP contribution in [0.15, 0.2) is 24.3 Å². The van der Waals surface area contributed by atoms with Crippen LogP contribution >= 0.6 is 0 Å². The SMILES string of the molecule is CCCOc1ccccc1C(NC)C1CCC(C)(C)CC1. The van der Waals surface area contributed by atoms with Gasteiger partial charge in [0.2, 0.25) is 0 Å². The van der Waals surface area contributed by atoms with Crippen molar-refractivity contribution >= 4 is 0 Å². The van der Waals surface area contributed by atoms with Gasteiger partial charge in [0.1, 0.15) is 5.75 Å². The lowest BCUT2D eigenvalue weighted by atomic mass is 9.70. The lowest BCUT2D eigenvalue weighted by Gasteiger charge is -2.38. The summed E-state index contributed by atoms with van der Waals surface area (Å²) in [5, 5.41) is 3.55. The van der Waals surface area contributed by atoms with Crippen LogP contribution in [0.3, 0.4) is 0 Å². The predicted molar refractivity (Wildman–Crippen MR) is 89.8 cm³/mol. The molecule has 0 heterocycles. The third-order valence-electron chi connectivity index (χ3n) is 4.88. The summed E-state index contributed by atoms with van der Waals surface area (Å²) >= 11 is 0. The van der Waals surface area contributed by atoms with E-state index in [0.717, 1.165) is 24.7 Å². The van der Waals surface area contributed by atoms with Crippen molar-refractivity contribution < 1.29 is 4.74 Å². The standard InChI is InChI=1S/C19H31NO/c1-5-14-21-17-9-7-6-8-16(17)18(20-4)15-10-12-19(2,3)13-11-15/h6-9,15,18,20H,5,10-14H2,1-4H3. The molecule has 1 fully saturated rings. The first-order chi connectivity index (χ1) is 10.1. The highest BCUT2D eigenvalue weighted by atomic mass is 16.5. The molecule has 1 saturated carbocycles. The van der Waals surface area contributed by atoms with E-state index in [0.29, 0.717) is 11.5 Å². The quantitative estimate of drug-likeness (QED) is 0.800. The van der Waals surface area contributed by atoms with E-state index in [2.05, 4.69) is 57.4 Å². The van der Waals surface area contributed by atoms with Crippen LogP contribution in [0.25, 0.3) is 0 Å². The van der Waals surface area contributed by atoms with Crippen molar-refractivity contribution in [3.05, 3.63) is 29.8 Å². The number of hydrogen-bond acceptors (Lipinski definition) is 2. The van der Waals surface area contributed by atoms with Crippen LogP contribution in [0, 0.1) is 11.3 Å². The van der Waals surface area contributed by atoms with Crippen molar-refractivity contribution in [2.45, 2.75) is 58.9 Å². The normalized spacial score (nSPS) is 20.2. The molecule has 2 rings (SSSR count). The summed E-state index contributed by atoms with van der Waals surface area (Å²) < 4.78 is 5.96. The van der Waals surface area contributed by atoms with Gasteiger partial charge in [-0.3, -0.25) is 0 Å². The molecular formula is C19H31NO. The summed E-state index contributed by atoms with van der Waals surface area (Å²) in [7, 11) is 2.08. The van der Waals surface area contributed by atoms with Crippen LogP contribution in [0.2, 0.25) is 0 Å². The van der Waals surface area contributed by atoms with E-state index in [4.69, 9.17) is 4.74 Å². The van der Waals surface area contributed by atoms with Crippen LogP contribution in [-0.2, 0) is 0 Å². The molecule has 0 bridgehead atoms. The molecule has 0 aromatic heterocycles. The molecule has 1 aliphatic rings. The van der Waals surface area contributed by atoms with E-state index in [1.54, 1.807) is 0 Å². The smallest absolute Gasteiger partial charge is 0.124 e. The largest absolute Gasteiger partial charge is 0.493 e. The first-order valence-electron chi connectivity index (χ1n) is 8.46. The molecule has 1 aromatic rings. The Balaban J connectivity index is 2.14. The number of hydrogen-bond donors (Lipinski definition) is 1. The molecule has 1 N–H and O–H groups in total. The number of para-hydroxylation sites is 1. The molecule has 118 valence electrons. The van der Waals surface area contributed by atoms with E-state index >= 15 is 0 Å². The molecule has 1 unspecified atom stereocenters. The lowest BCUT2D eigenvalue weighted by Crippen LogP contribution is -2.31. The number of rotatable bonds is 6. The zero-order chi connectivity index (χ0) is 15.3. The molecule has 2 heteroatoms. The molecule has 1 atom stereocenters. The van der Waals surface area contributed by atoms with E-state index in [1.807, 2.05) is 0 Å². The maximum absolute atomic E-state index is 5.96. The number of benzene rings is 1. The first kappa shape index (κ1) is 16.4. The van der Waals surface area contributed by atoms with Crippen LogP contribution in [0.5, 0.6) is 5.75 Å². The summed E-state index contributed by atoms with van der Waals surface area (Å²) in [6.07, 6.45) is 6.32. The zero-order valence-electron chi connectivity index (χ0n) is 14.1. The van der Waals surface area contributed by atoms with E-state index in [-0.39, 0.29) is 0 Å². The Morgan fingerprint density at radius 1 is 1.24 bits per heavy atom. The van der Waals surface area contributed by atoms with Gasteiger partial charge in [-0.15, -0.1) is 0 Å². The van der Waals surface area contributed by atoms with Gasteiger partial charge in [0.15, 0.2) is 0 Å². The van der Waals surface area contributed by atoms with E-state index in [9.17, 15) is 0 Å². The van der Waals surface area contributed by atoms with Crippen LogP contribution in [0.1, 0.15) is 64.5 Å². The van der Waals surface area contributed by atoms with Gasteiger partial charge < -0.3 is 10.1 Å². The first-order valence-corrected chi connectivity index (χ1v) is 8.46. The third kappa shape index (κ3) is 4.23. The Hall–Kier alpha value is -1.02. The highest BCUT2D eigenvalue weighted by Crippen LogP contribution is 2.44. The Morgan fingerprint density at radius 3 is 2.52 bits per heavy atom. The Kier molecular flexibility index (Phi) is 5.69. The average Bonchev–Trinajstić information content (AvgIpc) is 2.48. The maximum Gasteiger partial charge on any atom is 0.124 e. The predicted octanol–water partition coefficient (Wildman–Crippen LogP) is 4.95. The Bertz CT molecular complexity index is 431. The maximum atomic E-state index is 5.96. The molecular weight excluding hydrogens is 258 g/mol. The zero-order valence-corrected chi connectivity index (χ0v) is 14.1. The fourth-order valence-corrected chi connectivity index (χ4v) is 3.48. The highest BCUT2D eigenvalue weighted by molar-refractivity contribution is 5.36. The summed E-state index contributed by atoms with van der Waals surface area (Å²) in [6, 6.07) is 8.96. The van der Waals surface area contributed by atoms with Crippen molar-refractivity contribution in [3.8, 4) is 5.75 Å². The fraction of sp³-hybridized carbons (Fsp3) is 0.684. The van der Waals surface area contributed by atoms with Gasteiger partial charge >= 0.3 is 0 Å². The topological polar surface area (TPSA) is 21.3 Å². The fourth-order valence-electron chi connectivity index (χ4n) is 3.48. The van der Waals surface area contributed by atoms with Crippen molar-refractivity contribution in [2.75, 3.05) is 13.7 Å². The van der Waals surface area contributed by atoms with Crippen molar-refractivity contribution in [1.82, 2.24) is 5.32 Å². The van der Waals surface area contributed by atoms with Gasteiger partial charge in [-0.1, -0.05) is 39.0 Å². The van der Waals surface area contributed by atoms with Gasteiger partial charge in [0, 0.05) is 11.6 Å². The van der Waals surface area contributed by atoms with Crippen molar-refractivity contribution in [3.63, 3.8) is 0 Å². The van der Waals surface area contributed by atoms with E-state index in [1.165, 1.54) is 31.2 Å². The Labute approximate surface area is 130 Å². The molecule has 0 saturated heterocycles. The summed E-state index contributed by atoms with van der Waals surface area (Å²) in [4.78, 5) is 0. The molecule has 21 heavy (non-hydrogen) atoms. The van der Waals surface area contributed by atoms with E-state index < -0.39 is 0 Å². The molecule has 0 aliphatic heterocycles. The minimum Gasteiger partial charge on any atom is -0.493 e. The summed E-state index contributed by atoms with van der Waals surface area (Å²) in [5.41, 5.74) is 1.85. The monoisotopic (exact) mass is 289 g/mol. The molecule has 1 aromatic carbocycles. The summed E-state index contributed by atoms with van der Waals surface area (Å²) in [5.74, 6) is 1.78. The summed E-state index contributed by atoms with van der Waals surface area (Å²) in [6.45, 7) is 7.75. The lowest BCUT2D eigenvalue weighted by molar-refractivity contribution is 0.162. The average molecular weight is 289 g/mol. The van der Waals surface area contributed by atoms with Gasteiger partial charge in [0.05, 0.1) is 6.61 Å². The van der Waals surface area contributed by atoms with Gasteiger partial charge in [-0.05, 0) is 56.6 Å². The van der Waals surface area contributed by atoms with Gasteiger partial charge in [-0.2, -0.15) is 0 Å². The Morgan fingerprint density at radius 2 is 1.90 bits per heavy atom. The second-order valence-electron chi connectivity index (χ2n) is 7.15. The second-order valence-corrected chi connectivity index (χ2v) is 7.15. The number of nitrogens with one attached hydrogen (secondary N) is 1. The van der Waals surface area contributed by atoms with Gasteiger partial charge in [-0.25, -0.2) is 0 Å². The molecule has 0 amide bonds. The van der Waals surface area contributed by atoms with Crippen LogP contribution in [-0.4, -0.2) is 13.7 Å². The molecule has 0 radical (unpaired) electrons. The molecule has 0 spiro atoms. The van der Waals surface area contributed by atoms with Crippen molar-refractivity contribution in [1.29, 1.82) is 0 Å². The van der Waals surface area contributed by atoms with Crippen molar-refractivity contribution in [2.24, 2.45) is 11.3 Å². The molecule has 1 aliphatic carbocycles. The van der Waals surface area contributed by atoms with Crippen LogP contribution in [0.4, 0.5) is 0 Å². The number of ether oxygens (including phenoxy) is 1. The third-order valence-corrected chi connectivity index (χ3v) is 4.88.